The summed E-state index contributed by atoms with van der Waals surface area (Å²) in [6, 6.07) is -0.0961. The van der Waals surface area contributed by atoms with Gasteiger partial charge < -0.3 is 15.7 Å². The molecule has 0 radical (unpaired) electrons. The van der Waals surface area contributed by atoms with Crippen LogP contribution in [0.4, 0.5) is 0 Å². The molecule has 1 amide bonds. The summed E-state index contributed by atoms with van der Waals surface area (Å²) in [5, 5.41) is 9.60. The van der Waals surface area contributed by atoms with Crippen molar-refractivity contribution in [2.75, 3.05) is 6.54 Å². The van der Waals surface area contributed by atoms with E-state index in [4.69, 9.17) is 5.73 Å². The first-order valence-electron chi connectivity index (χ1n) is 7.33. The van der Waals surface area contributed by atoms with Crippen molar-refractivity contribution in [2.45, 2.75) is 63.5 Å². The second-order valence-corrected chi connectivity index (χ2v) is 5.88. The van der Waals surface area contributed by atoms with Crippen molar-refractivity contribution < 1.29 is 14.7 Å². The Balaban J connectivity index is 2.21. The third-order valence-corrected chi connectivity index (χ3v) is 4.70. The van der Waals surface area contributed by atoms with Crippen molar-refractivity contribution in [1.29, 1.82) is 0 Å². The maximum absolute atomic E-state index is 12.6. The van der Waals surface area contributed by atoms with Crippen molar-refractivity contribution in [2.24, 2.45) is 11.7 Å². The zero-order chi connectivity index (χ0) is 14.0. The van der Waals surface area contributed by atoms with Gasteiger partial charge in [0.15, 0.2) is 0 Å². The third-order valence-electron chi connectivity index (χ3n) is 4.70. The molecule has 3 atom stereocenters. The van der Waals surface area contributed by atoms with Crippen LogP contribution in [0.5, 0.6) is 0 Å². The molecule has 1 aliphatic carbocycles. The average molecular weight is 268 g/mol. The zero-order valence-electron chi connectivity index (χ0n) is 11.6. The molecule has 108 valence electrons. The van der Waals surface area contributed by atoms with Crippen LogP contribution in [0.25, 0.3) is 0 Å². The van der Waals surface area contributed by atoms with E-state index >= 15 is 0 Å². The number of aliphatic carboxylic acids is 1. The van der Waals surface area contributed by atoms with Crippen LogP contribution in [0.15, 0.2) is 0 Å². The van der Waals surface area contributed by atoms with E-state index < -0.39 is 11.5 Å². The van der Waals surface area contributed by atoms with E-state index in [-0.39, 0.29) is 17.9 Å². The number of nitrogens with two attached hydrogens (primary N) is 1. The van der Waals surface area contributed by atoms with Gasteiger partial charge >= 0.3 is 5.97 Å². The highest BCUT2D eigenvalue weighted by Crippen LogP contribution is 2.37. The van der Waals surface area contributed by atoms with Crippen LogP contribution in [-0.2, 0) is 9.59 Å². The Morgan fingerprint density at radius 3 is 2.63 bits per heavy atom. The average Bonchev–Trinajstić information content (AvgIpc) is 2.96. The number of hydrogen-bond acceptors (Lipinski definition) is 3. The molecule has 0 spiro atoms. The fourth-order valence-corrected chi connectivity index (χ4v) is 3.70. The highest BCUT2D eigenvalue weighted by atomic mass is 16.4. The van der Waals surface area contributed by atoms with E-state index in [0.29, 0.717) is 19.4 Å². The minimum Gasteiger partial charge on any atom is -0.479 e. The summed E-state index contributed by atoms with van der Waals surface area (Å²) in [5.41, 5.74) is 5.01. The van der Waals surface area contributed by atoms with Gasteiger partial charge in [0, 0.05) is 12.6 Å². The van der Waals surface area contributed by atoms with E-state index in [1.807, 2.05) is 6.92 Å². The Kier molecular flexibility index (Phi) is 4.13. The van der Waals surface area contributed by atoms with Gasteiger partial charge in [0.25, 0.3) is 0 Å². The van der Waals surface area contributed by atoms with Gasteiger partial charge in [0.1, 0.15) is 5.54 Å². The molecule has 2 rings (SSSR count). The molecule has 5 heteroatoms. The van der Waals surface area contributed by atoms with Crippen LogP contribution >= 0.6 is 0 Å². The topological polar surface area (TPSA) is 83.6 Å². The maximum atomic E-state index is 12.6. The second kappa shape index (κ2) is 5.49. The fraction of sp³-hybridized carbons (Fsp3) is 0.857. The lowest BCUT2D eigenvalue weighted by Gasteiger charge is -2.36. The predicted molar refractivity (Wildman–Crippen MR) is 71.5 cm³/mol. The van der Waals surface area contributed by atoms with Crippen molar-refractivity contribution in [3.05, 3.63) is 0 Å². The van der Waals surface area contributed by atoms with E-state index in [1.54, 1.807) is 4.90 Å². The van der Waals surface area contributed by atoms with Crippen molar-refractivity contribution >= 4 is 11.9 Å². The van der Waals surface area contributed by atoms with Crippen molar-refractivity contribution in [3.8, 4) is 0 Å². The predicted octanol–water partition coefficient (Wildman–Crippen LogP) is 1.36. The molecule has 1 aliphatic heterocycles. The monoisotopic (exact) mass is 268 g/mol. The minimum atomic E-state index is -0.978. The van der Waals surface area contributed by atoms with Crippen LogP contribution in [0.1, 0.15) is 51.9 Å². The maximum Gasteiger partial charge on any atom is 0.329 e. The summed E-state index contributed by atoms with van der Waals surface area (Å²) in [4.78, 5) is 26.0. The molecule has 0 aromatic rings. The molecule has 2 aliphatic rings. The molecular weight excluding hydrogens is 244 g/mol. The SMILES string of the molecule is CCCC1(C(=O)O)CCCN1C(=O)C1CCCC1N. The summed E-state index contributed by atoms with van der Waals surface area (Å²) in [6.45, 7) is 2.53. The lowest BCUT2D eigenvalue weighted by molar-refractivity contribution is -0.159. The normalized spacial score (nSPS) is 34.7. The smallest absolute Gasteiger partial charge is 0.329 e. The fourth-order valence-electron chi connectivity index (χ4n) is 3.70. The number of carboxylic acid groups (broad SMARTS) is 1. The van der Waals surface area contributed by atoms with E-state index in [9.17, 15) is 14.7 Å². The highest BCUT2D eigenvalue weighted by molar-refractivity contribution is 5.89. The van der Waals surface area contributed by atoms with Crippen LogP contribution in [0.2, 0.25) is 0 Å². The summed E-state index contributed by atoms with van der Waals surface area (Å²) < 4.78 is 0. The van der Waals surface area contributed by atoms with Gasteiger partial charge in [-0.25, -0.2) is 4.79 Å². The van der Waals surface area contributed by atoms with Gasteiger partial charge in [-0.2, -0.15) is 0 Å². The number of rotatable bonds is 4. The van der Waals surface area contributed by atoms with Crippen molar-refractivity contribution in [1.82, 2.24) is 4.90 Å². The minimum absolute atomic E-state index is 0.0293. The molecule has 5 nitrogen and oxygen atoms in total. The number of amides is 1. The first kappa shape index (κ1) is 14.3. The summed E-state index contributed by atoms with van der Waals surface area (Å²) in [5.74, 6) is -1.06. The number of carboxylic acids is 1. The second-order valence-electron chi connectivity index (χ2n) is 5.88. The molecule has 2 fully saturated rings. The summed E-state index contributed by atoms with van der Waals surface area (Å²) in [7, 11) is 0. The van der Waals surface area contributed by atoms with Gasteiger partial charge in [-0.05, 0) is 32.1 Å². The van der Waals surface area contributed by atoms with Gasteiger partial charge in [0.05, 0.1) is 5.92 Å². The van der Waals surface area contributed by atoms with Gasteiger partial charge in [-0.15, -0.1) is 0 Å². The Bertz CT molecular complexity index is 372. The molecule has 1 heterocycles. The lowest BCUT2D eigenvalue weighted by atomic mass is 9.89. The van der Waals surface area contributed by atoms with Crippen molar-refractivity contribution in [3.63, 3.8) is 0 Å². The molecule has 1 saturated heterocycles. The van der Waals surface area contributed by atoms with Crippen LogP contribution in [0.3, 0.4) is 0 Å². The summed E-state index contributed by atoms with van der Waals surface area (Å²) in [6.07, 6.45) is 5.31. The lowest BCUT2D eigenvalue weighted by Crippen LogP contribution is -2.55. The molecule has 3 unspecified atom stereocenters. The largest absolute Gasteiger partial charge is 0.479 e. The van der Waals surface area contributed by atoms with E-state index in [0.717, 1.165) is 32.1 Å². The number of likely N-dealkylation sites (tertiary alicyclic amines) is 1. The van der Waals surface area contributed by atoms with Crippen LogP contribution in [0, 0.1) is 5.92 Å². The van der Waals surface area contributed by atoms with E-state index in [1.165, 1.54) is 0 Å². The number of carbonyl (C=O) groups excluding carboxylic acids is 1. The number of nitrogens with zero attached hydrogens (tertiary/aromatic N) is 1. The molecule has 0 aromatic carbocycles. The first-order chi connectivity index (χ1) is 9.03. The zero-order valence-corrected chi connectivity index (χ0v) is 11.6. The molecule has 1 saturated carbocycles. The highest BCUT2D eigenvalue weighted by Gasteiger charge is 2.51. The van der Waals surface area contributed by atoms with Gasteiger partial charge in [-0.3, -0.25) is 4.79 Å². The molecule has 19 heavy (non-hydrogen) atoms. The van der Waals surface area contributed by atoms with Crippen LogP contribution in [-0.4, -0.2) is 40.0 Å². The third kappa shape index (κ3) is 2.36. The van der Waals surface area contributed by atoms with Crippen LogP contribution < -0.4 is 5.73 Å². The van der Waals surface area contributed by atoms with Gasteiger partial charge in [-0.1, -0.05) is 19.8 Å². The Labute approximate surface area is 114 Å². The molecule has 0 aromatic heterocycles. The standard InChI is InChI=1S/C14H24N2O3/c1-2-7-14(13(18)19)8-4-9-16(14)12(17)10-5-3-6-11(10)15/h10-11H,2-9,15H2,1H3,(H,18,19). The Morgan fingerprint density at radius 2 is 2.11 bits per heavy atom. The molecular formula is C14H24N2O3. The summed E-state index contributed by atoms with van der Waals surface area (Å²) >= 11 is 0. The quantitative estimate of drug-likeness (QED) is 0.806. The van der Waals surface area contributed by atoms with E-state index in [2.05, 4.69) is 0 Å². The Hall–Kier alpha value is -1.10. The van der Waals surface area contributed by atoms with Gasteiger partial charge in [0.2, 0.25) is 5.91 Å². The number of hydrogen-bond donors (Lipinski definition) is 2. The molecule has 3 N–H and O–H groups in total. The first-order valence-corrected chi connectivity index (χ1v) is 7.33. The Morgan fingerprint density at radius 1 is 1.37 bits per heavy atom. The number of carbonyl (C=O) groups is 2. The molecule has 0 bridgehead atoms.